The normalized spacial score (nSPS) is 21.8. The largest absolute Gasteiger partial charge is 0.338 e. The quantitative estimate of drug-likeness (QED) is 0.777. The van der Waals surface area contributed by atoms with E-state index >= 15 is 0 Å². The average Bonchev–Trinajstić information content (AvgIpc) is 3.28. The number of hydrogen-bond acceptors (Lipinski definition) is 1. The molecule has 0 N–H and O–H groups in total. The summed E-state index contributed by atoms with van der Waals surface area (Å²) in [6.45, 7) is 0.849. The minimum absolute atomic E-state index is 0.101. The molecule has 1 amide bonds. The third-order valence-corrected chi connectivity index (χ3v) is 4.62. The lowest BCUT2D eigenvalue weighted by Crippen LogP contribution is -2.39. The zero-order chi connectivity index (χ0) is 13.2. The third kappa shape index (κ3) is 2.71. The van der Waals surface area contributed by atoms with E-state index in [0.29, 0.717) is 11.9 Å². The van der Waals surface area contributed by atoms with Crippen LogP contribution in [0.25, 0.3) is 0 Å². The van der Waals surface area contributed by atoms with Crippen LogP contribution in [0.5, 0.6) is 0 Å². The summed E-state index contributed by atoms with van der Waals surface area (Å²) >= 11 is 3.48. The average molecular weight is 322 g/mol. The van der Waals surface area contributed by atoms with E-state index in [1.54, 1.807) is 0 Å². The van der Waals surface area contributed by atoms with E-state index in [4.69, 9.17) is 0 Å². The highest BCUT2D eigenvalue weighted by Gasteiger charge is 2.37. The number of aryl methyl sites for hydroxylation is 1. The van der Waals surface area contributed by atoms with Crippen molar-refractivity contribution in [2.45, 2.75) is 44.1 Å². The predicted molar refractivity (Wildman–Crippen MR) is 80.7 cm³/mol. The third-order valence-electron chi connectivity index (χ3n) is 4.26. The van der Waals surface area contributed by atoms with Crippen molar-refractivity contribution in [2.75, 3.05) is 11.9 Å². The van der Waals surface area contributed by atoms with Gasteiger partial charge in [-0.05, 0) is 43.2 Å². The molecule has 0 aliphatic heterocycles. The number of amides is 1. The van der Waals surface area contributed by atoms with Gasteiger partial charge in [-0.3, -0.25) is 4.79 Å². The number of rotatable bonds is 4. The van der Waals surface area contributed by atoms with Crippen LogP contribution in [0.1, 0.15) is 42.7 Å². The monoisotopic (exact) mass is 321 g/mol. The van der Waals surface area contributed by atoms with Gasteiger partial charge in [0.25, 0.3) is 0 Å². The van der Waals surface area contributed by atoms with Crippen LogP contribution in [0.3, 0.4) is 0 Å². The van der Waals surface area contributed by atoms with Gasteiger partial charge >= 0.3 is 0 Å². The summed E-state index contributed by atoms with van der Waals surface area (Å²) in [6.07, 6.45) is 5.66. The molecule has 102 valence electrons. The Morgan fingerprint density at radius 2 is 2.05 bits per heavy atom. The van der Waals surface area contributed by atoms with Gasteiger partial charge in [-0.2, -0.15) is 0 Å². The van der Waals surface area contributed by atoms with Crippen molar-refractivity contribution in [3.8, 4) is 0 Å². The number of nitrogens with zero attached hydrogens (tertiary/aromatic N) is 1. The molecule has 1 atom stereocenters. The standard InChI is InChI=1S/C16H20BrNO/c17-10-11-18(13-8-9-13)16(19)15-7-3-5-12-4-1-2-6-14(12)15/h1-2,4,6,13,15H,3,5,7-11H2. The van der Waals surface area contributed by atoms with Gasteiger partial charge in [-0.15, -0.1) is 0 Å². The molecule has 3 rings (SSSR count). The van der Waals surface area contributed by atoms with Gasteiger partial charge in [0.2, 0.25) is 5.91 Å². The molecule has 0 heterocycles. The van der Waals surface area contributed by atoms with E-state index < -0.39 is 0 Å². The van der Waals surface area contributed by atoms with Crippen LogP contribution in [0.15, 0.2) is 24.3 Å². The van der Waals surface area contributed by atoms with Crippen LogP contribution in [-0.2, 0) is 11.2 Å². The van der Waals surface area contributed by atoms with Gasteiger partial charge in [-0.1, -0.05) is 40.2 Å². The van der Waals surface area contributed by atoms with E-state index in [-0.39, 0.29) is 5.92 Å². The van der Waals surface area contributed by atoms with Crippen molar-refractivity contribution >= 4 is 21.8 Å². The molecule has 1 aromatic rings. The number of hydrogen-bond donors (Lipinski definition) is 0. The molecule has 0 saturated heterocycles. The fourth-order valence-electron chi connectivity index (χ4n) is 3.16. The van der Waals surface area contributed by atoms with Crippen LogP contribution in [0.2, 0.25) is 0 Å². The molecule has 1 unspecified atom stereocenters. The second-order valence-electron chi connectivity index (χ2n) is 5.60. The van der Waals surface area contributed by atoms with Crippen LogP contribution in [-0.4, -0.2) is 28.7 Å². The summed E-state index contributed by atoms with van der Waals surface area (Å²) in [5.74, 6) is 0.457. The van der Waals surface area contributed by atoms with Crippen molar-refractivity contribution in [1.82, 2.24) is 4.90 Å². The van der Waals surface area contributed by atoms with E-state index in [1.165, 1.54) is 24.0 Å². The van der Waals surface area contributed by atoms with Crippen molar-refractivity contribution in [1.29, 1.82) is 0 Å². The summed E-state index contributed by atoms with van der Waals surface area (Å²) in [7, 11) is 0. The first kappa shape index (κ1) is 13.2. The highest BCUT2D eigenvalue weighted by molar-refractivity contribution is 9.09. The fraction of sp³-hybridized carbons (Fsp3) is 0.562. The van der Waals surface area contributed by atoms with E-state index in [9.17, 15) is 4.79 Å². The maximum Gasteiger partial charge on any atom is 0.230 e. The minimum atomic E-state index is 0.101. The molecule has 3 heteroatoms. The molecular weight excluding hydrogens is 302 g/mol. The van der Waals surface area contributed by atoms with E-state index in [1.807, 2.05) is 0 Å². The van der Waals surface area contributed by atoms with Crippen molar-refractivity contribution in [2.24, 2.45) is 0 Å². The number of fused-ring (bicyclic) bond motifs is 1. The molecule has 0 bridgehead atoms. The maximum absolute atomic E-state index is 12.8. The Labute approximate surface area is 123 Å². The first-order chi connectivity index (χ1) is 9.31. The van der Waals surface area contributed by atoms with Gasteiger partial charge in [0.15, 0.2) is 0 Å². The molecule has 0 aromatic heterocycles. The summed E-state index contributed by atoms with van der Waals surface area (Å²) in [4.78, 5) is 15.0. The van der Waals surface area contributed by atoms with Crippen LogP contribution in [0, 0.1) is 0 Å². The lowest BCUT2D eigenvalue weighted by molar-refractivity contribution is -0.133. The van der Waals surface area contributed by atoms with Crippen molar-refractivity contribution in [3.63, 3.8) is 0 Å². The number of carbonyl (C=O) groups is 1. The molecule has 19 heavy (non-hydrogen) atoms. The number of carbonyl (C=O) groups excluding carboxylic acids is 1. The second-order valence-corrected chi connectivity index (χ2v) is 6.39. The van der Waals surface area contributed by atoms with Crippen LogP contribution >= 0.6 is 15.9 Å². The number of alkyl halides is 1. The first-order valence-corrected chi connectivity index (χ1v) is 8.37. The summed E-state index contributed by atoms with van der Waals surface area (Å²) in [6, 6.07) is 9.00. The molecule has 2 aliphatic carbocycles. The summed E-state index contributed by atoms with van der Waals surface area (Å²) < 4.78 is 0. The predicted octanol–water partition coefficient (Wildman–Crippen LogP) is 3.49. The highest BCUT2D eigenvalue weighted by atomic mass is 79.9. The van der Waals surface area contributed by atoms with E-state index in [2.05, 4.69) is 45.1 Å². The SMILES string of the molecule is O=C(C1CCCc2ccccc21)N(CCBr)C1CC1. The number of benzene rings is 1. The second kappa shape index (κ2) is 5.66. The lowest BCUT2D eigenvalue weighted by Gasteiger charge is -2.30. The van der Waals surface area contributed by atoms with Crippen molar-refractivity contribution < 1.29 is 4.79 Å². The molecule has 1 fully saturated rings. The van der Waals surface area contributed by atoms with Gasteiger partial charge in [0, 0.05) is 17.9 Å². The Balaban J connectivity index is 1.83. The highest BCUT2D eigenvalue weighted by Crippen LogP contribution is 2.36. The Hall–Kier alpha value is -0.830. The Morgan fingerprint density at radius 3 is 2.79 bits per heavy atom. The van der Waals surface area contributed by atoms with Gasteiger partial charge in [0.05, 0.1) is 5.92 Å². The van der Waals surface area contributed by atoms with Gasteiger partial charge in [-0.25, -0.2) is 0 Å². The first-order valence-electron chi connectivity index (χ1n) is 7.25. The Bertz CT molecular complexity index is 470. The molecule has 1 saturated carbocycles. The Morgan fingerprint density at radius 1 is 1.26 bits per heavy atom. The molecule has 0 radical (unpaired) electrons. The minimum Gasteiger partial charge on any atom is -0.338 e. The molecule has 2 aliphatic rings. The molecule has 0 spiro atoms. The zero-order valence-corrected chi connectivity index (χ0v) is 12.7. The lowest BCUT2D eigenvalue weighted by atomic mass is 9.82. The Kier molecular flexibility index (Phi) is 3.92. The van der Waals surface area contributed by atoms with E-state index in [0.717, 1.165) is 31.1 Å². The molecular formula is C16H20BrNO. The molecule has 1 aromatic carbocycles. The number of halogens is 1. The summed E-state index contributed by atoms with van der Waals surface area (Å²) in [5.41, 5.74) is 2.65. The maximum atomic E-state index is 12.8. The van der Waals surface area contributed by atoms with Crippen LogP contribution in [0.4, 0.5) is 0 Å². The van der Waals surface area contributed by atoms with Gasteiger partial charge < -0.3 is 4.90 Å². The van der Waals surface area contributed by atoms with Crippen molar-refractivity contribution in [3.05, 3.63) is 35.4 Å². The topological polar surface area (TPSA) is 20.3 Å². The smallest absolute Gasteiger partial charge is 0.230 e. The zero-order valence-electron chi connectivity index (χ0n) is 11.1. The summed E-state index contributed by atoms with van der Waals surface area (Å²) in [5, 5.41) is 0.879. The molecule has 2 nitrogen and oxygen atoms in total. The fourth-order valence-corrected chi connectivity index (χ4v) is 3.54. The van der Waals surface area contributed by atoms with Crippen LogP contribution < -0.4 is 0 Å². The van der Waals surface area contributed by atoms with Gasteiger partial charge in [0.1, 0.15) is 0 Å².